The predicted octanol–water partition coefficient (Wildman–Crippen LogP) is 3.13. The first-order chi connectivity index (χ1) is 9.29. The quantitative estimate of drug-likeness (QED) is 0.362. The molecule has 0 spiro atoms. The van der Waals surface area contributed by atoms with Crippen LogP contribution in [0, 0.1) is 0 Å². The molecule has 19 heavy (non-hydrogen) atoms. The average Bonchev–Trinajstić information content (AvgIpc) is 2.82. The van der Waals surface area contributed by atoms with Gasteiger partial charge in [0.25, 0.3) is 0 Å². The molecule has 0 aliphatic carbocycles. The zero-order valence-corrected chi connectivity index (χ0v) is 12.6. The fraction of sp³-hybridized carbons (Fsp3) is 0.750. The molecule has 0 aromatic heterocycles. The van der Waals surface area contributed by atoms with Crippen LogP contribution in [-0.4, -0.2) is 35.5 Å². The van der Waals surface area contributed by atoms with Gasteiger partial charge in [-0.05, 0) is 32.6 Å². The van der Waals surface area contributed by atoms with Crippen molar-refractivity contribution in [1.82, 2.24) is 5.32 Å². The highest BCUT2D eigenvalue weighted by Gasteiger charge is 2.35. The lowest BCUT2D eigenvalue weighted by molar-refractivity contribution is -0.900. The van der Waals surface area contributed by atoms with E-state index in [2.05, 4.69) is 43.7 Å². The van der Waals surface area contributed by atoms with Crippen molar-refractivity contribution < 1.29 is 9.59 Å². The van der Waals surface area contributed by atoms with Crippen molar-refractivity contribution in [3.8, 4) is 0 Å². The summed E-state index contributed by atoms with van der Waals surface area (Å²) in [5.74, 6) is 0. The summed E-state index contributed by atoms with van der Waals surface area (Å²) in [7, 11) is 0. The molecule has 2 unspecified atom stereocenters. The Morgan fingerprint density at radius 2 is 2.00 bits per heavy atom. The Kier molecular flexibility index (Phi) is 7.84. The van der Waals surface area contributed by atoms with Crippen LogP contribution >= 0.6 is 0 Å². The van der Waals surface area contributed by atoms with Gasteiger partial charge in [0.05, 0.1) is 19.4 Å². The van der Waals surface area contributed by atoms with Crippen LogP contribution in [0.1, 0.15) is 52.4 Å². The van der Waals surface area contributed by atoms with Crippen LogP contribution in [-0.2, 0) is 0 Å². The van der Waals surface area contributed by atoms with E-state index in [1.807, 2.05) is 0 Å². The number of allylic oxidation sites excluding steroid dienone is 2. The van der Waals surface area contributed by atoms with Crippen LogP contribution in [0.4, 0.5) is 0 Å². The van der Waals surface area contributed by atoms with Gasteiger partial charge in [-0.2, -0.15) is 0 Å². The minimum atomic E-state index is 0.260. The van der Waals surface area contributed by atoms with Gasteiger partial charge < -0.3 is 10.4 Å². The molecular formula is C16H31N2O+. The van der Waals surface area contributed by atoms with Gasteiger partial charge in [-0.25, -0.2) is 0 Å². The van der Waals surface area contributed by atoms with Gasteiger partial charge in [-0.1, -0.05) is 25.5 Å². The zero-order valence-electron chi connectivity index (χ0n) is 12.6. The van der Waals surface area contributed by atoms with Gasteiger partial charge in [0.2, 0.25) is 0 Å². The van der Waals surface area contributed by atoms with Gasteiger partial charge in [0, 0.05) is 6.42 Å². The Morgan fingerprint density at radius 3 is 2.68 bits per heavy atom. The molecule has 0 radical (unpaired) electrons. The molecule has 0 saturated heterocycles. The van der Waals surface area contributed by atoms with Gasteiger partial charge in [0.1, 0.15) is 12.7 Å². The molecule has 0 bridgehead atoms. The minimum absolute atomic E-state index is 0.260. The largest absolute Gasteiger partial charge is 0.390 e. The summed E-state index contributed by atoms with van der Waals surface area (Å²) in [6, 6.07) is 0. The molecule has 0 amide bonds. The summed E-state index contributed by atoms with van der Waals surface area (Å²) >= 11 is 0. The number of likely N-dealkylation sites (N-methyl/N-ethyl adjacent to an activating group) is 1. The number of unbranched alkanes of at least 4 members (excludes halogenated alkanes) is 3. The third kappa shape index (κ3) is 5.00. The van der Waals surface area contributed by atoms with Crippen molar-refractivity contribution in [2.45, 2.75) is 58.5 Å². The highest BCUT2D eigenvalue weighted by molar-refractivity contribution is 4.85. The number of hydrogen-bond donors (Lipinski definition) is 2. The lowest BCUT2D eigenvalue weighted by atomic mass is 10.1. The Hall–Kier alpha value is -0.800. The molecule has 2 N–H and O–H groups in total. The van der Waals surface area contributed by atoms with Gasteiger partial charge in [-0.15, -0.1) is 0 Å². The highest BCUT2D eigenvalue weighted by atomic mass is 16.3. The van der Waals surface area contributed by atoms with Crippen molar-refractivity contribution >= 4 is 0 Å². The lowest BCUT2D eigenvalue weighted by Crippen LogP contribution is -2.54. The number of quaternary nitrogens is 1. The van der Waals surface area contributed by atoms with Crippen LogP contribution in [0.5, 0.6) is 0 Å². The second-order valence-corrected chi connectivity index (χ2v) is 5.41. The number of hydrogen-bond acceptors (Lipinski definition) is 2. The Balaban J connectivity index is 2.25. The Labute approximate surface area is 118 Å². The van der Waals surface area contributed by atoms with E-state index in [-0.39, 0.29) is 6.61 Å². The third-order valence-electron chi connectivity index (χ3n) is 4.11. The summed E-state index contributed by atoms with van der Waals surface area (Å²) in [6.45, 7) is 6.54. The van der Waals surface area contributed by atoms with Gasteiger partial charge in [-0.3, -0.25) is 4.48 Å². The summed E-state index contributed by atoms with van der Waals surface area (Å²) < 4.78 is 0.891. The molecule has 3 heteroatoms. The predicted molar refractivity (Wildman–Crippen MR) is 81.3 cm³/mol. The van der Waals surface area contributed by atoms with E-state index in [9.17, 15) is 5.11 Å². The summed E-state index contributed by atoms with van der Waals surface area (Å²) in [5, 5.41) is 12.7. The van der Waals surface area contributed by atoms with Crippen LogP contribution in [0.3, 0.4) is 0 Å². The zero-order chi connectivity index (χ0) is 14.0. The van der Waals surface area contributed by atoms with E-state index in [1.54, 1.807) is 0 Å². The van der Waals surface area contributed by atoms with Crippen molar-refractivity contribution in [3.63, 3.8) is 0 Å². The monoisotopic (exact) mass is 267 g/mol. The van der Waals surface area contributed by atoms with Crippen LogP contribution in [0.2, 0.25) is 0 Å². The van der Waals surface area contributed by atoms with Crippen LogP contribution in [0.15, 0.2) is 24.6 Å². The van der Waals surface area contributed by atoms with E-state index >= 15 is 0 Å². The van der Waals surface area contributed by atoms with E-state index < -0.39 is 0 Å². The van der Waals surface area contributed by atoms with Gasteiger partial charge >= 0.3 is 0 Å². The first-order valence-electron chi connectivity index (χ1n) is 7.85. The maximum absolute atomic E-state index is 9.25. The first kappa shape index (κ1) is 16.3. The van der Waals surface area contributed by atoms with Crippen molar-refractivity contribution in [2.24, 2.45) is 0 Å². The number of rotatable bonds is 10. The van der Waals surface area contributed by atoms with Crippen molar-refractivity contribution in [3.05, 3.63) is 24.6 Å². The normalized spacial score (nSPS) is 26.2. The average molecular weight is 267 g/mol. The third-order valence-corrected chi connectivity index (χ3v) is 4.11. The fourth-order valence-corrected chi connectivity index (χ4v) is 2.80. The highest BCUT2D eigenvalue weighted by Crippen LogP contribution is 2.22. The standard InChI is InChI=1S/C16H31N2O/c1-3-5-6-7-8-9-10-11-16-17-12-13-18(16,4-2)14-15-19/h6-7,12-13,16-17,19H,3-5,8-11,14-15H2,1-2H3/q+1/b7-6+. The number of nitrogens with one attached hydrogen (secondary N) is 1. The molecule has 1 aliphatic heterocycles. The SMILES string of the molecule is CCC/C=C/CCCCC1NC=C[N+]1(CC)CCO. The molecule has 0 fully saturated rings. The first-order valence-corrected chi connectivity index (χ1v) is 7.85. The van der Waals surface area contributed by atoms with E-state index in [0.717, 1.165) is 17.6 Å². The number of aliphatic hydroxyl groups is 1. The molecular weight excluding hydrogens is 236 g/mol. The number of nitrogens with zero attached hydrogens (tertiary/aromatic N) is 1. The number of aliphatic hydroxyl groups excluding tert-OH is 1. The van der Waals surface area contributed by atoms with Crippen molar-refractivity contribution in [1.29, 1.82) is 0 Å². The topological polar surface area (TPSA) is 32.3 Å². The van der Waals surface area contributed by atoms with Crippen LogP contribution in [0.25, 0.3) is 0 Å². The minimum Gasteiger partial charge on any atom is -0.390 e. The van der Waals surface area contributed by atoms with E-state index in [0.29, 0.717) is 6.17 Å². The second kappa shape index (κ2) is 9.16. The van der Waals surface area contributed by atoms with Gasteiger partial charge in [0.15, 0.2) is 6.17 Å². The smallest absolute Gasteiger partial charge is 0.166 e. The molecule has 110 valence electrons. The summed E-state index contributed by atoms with van der Waals surface area (Å²) in [4.78, 5) is 0. The molecule has 2 atom stereocenters. The fourth-order valence-electron chi connectivity index (χ4n) is 2.80. The van der Waals surface area contributed by atoms with Crippen LogP contribution < -0.4 is 5.32 Å². The molecule has 0 aromatic carbocycles. The molecule has 0 saturated carbocycles. The summed E-state index contributed by atoms with van der Waals surface area (Å²) in [5.41, 5.74) is 0. The Bertz CT molecular complexity index is 288. The summed E-state index contributed by atoms with van der Waals surface area (Å²) in [6.07, 6.45) is 16.7. The molecule has 0 aromatic rings. The van der Waals surface area contributed by atoms with Crippen molar-refractivity contribution in [2.75, 3.05) is 19.7 Å². The second-order valence-electron chi connectivity index (χ2n) is 5.41. The maximum Gasteiger partial charge on any atom is 0.166 e. The van der Waals surface area contributed by atoms with E-state index in [4.69, 9.17) is 0 Å². The lowest BCUT2D eigenvalue weighted by Gasteiger charge is -2.36. The maximum atomic E-state index is 9.25. The molecule has 1 rings (SSSR count). The Morgan fingerprint density at radius 1 is 1.21 bits per heavy atom. The molecule has 1 aliphatic rings. The molecule has 3 nitrogen and oxygen atoms in total. The molecule has 1 heterocycles. The van der Waals surface area contributed by atoms with E-state index in [1.165, 1.54) is 38.5 Å².